The lowest BCUT2D eigenvalue weighted by atomic mass is 10.1. The zero-order valence-electron chi connectivity index (χ0n) is 20.2. The van der Waals surface area contributed by atoms with Crippen LogP contribution in [0.15, 0.2) is 73.1 Å². The first kappa shape index (κ1) is 27.7. The number of nitrogens with zero attached hydrogens (tertiary/aromatic N) is 2. The maximum absolute atomic E-state index is 12.9. The molecule has 2 heterocycles. The number of halogens is 4. The second kappa shape index (κ2) is 11.6. The lowest BCUT2D eigenvalue weighted by Gasteiger charge is -2.02. The van der Waals surface area contributed by atoms with Crippen LogP contribution in [-0.4, -0.2) is 26.5 Å². The Morgan fingerprint density at radius 2 is 1.03 bits per heavy atom. The molecule has 0 saturated heterocycles. The third kappa shape index (κ3) is 6.20. The molecule has 0 unspecified atom stereocenters. The molecule has 0 fully saturated rings. The van der Waals surface area contributed by atoms with E-state index in [1.54, 1.807) is 84.2 Å². The molecule has 4 aromatic rings. The predicted molar refractivity (Wildman–Crippen MR) is 154 cm³/mol. The minimum Gasteiger partial charge on any atom is -0.350 e. The summed E-state index contributed by atoms with van der Waals surface area (Å²) in [6.07, 6.45) is 9.38. The second-order valence-electron chi connectivity index (χ2n) is 8.50. The van der Waals surface area contributed by atoms with Crippen LogP contribution in [0.5, 0.6) is 0 Å². The number of benzene rings is 2. The zero-order chi connectivity index (χ0) is 27.6. The Morgan fingerprint density at radius 1 is 0.632 bits per heavy atom. The van der Waals surface area contributed by atoms with Crippen molar-refractivity contribution < 1.29 is 14.4 Å². The molecular formula is C29H20Cl4N2O3. The van der Waals surface area contributed by atoms with Gasteiger partial charge >= 0.3 is 0 Å². The average Bonchev–Trinajstić information content (AvgIpc) is 3.42. The van der Waals surface area contributed by atoms with Gasteiger partial charge in [0.1, 0.15) is 0 Å². The molecule has 5 nitrogen and oxygen atoms in total. The molecule has 0 atom stereocenters. The van der Waals surface area contributed by atoms with Crippen molar-refractivity contribution in [1.29, 1.82) is 0 Å². The molecule has 0 aliphatic carbocycles. The summed E-state index contributed by atoms with van der Waals surface area (Å²) in [6.45, 7) is 0. The smallest absolute Gasteiger partial charge is 0.196 e. The van der Waals surface area contributed by atoms with Crippen molar-refractivity contribution in [2.24, 2.45) is 14.1 Å². The van der Waals surface area contributed by atoms with Crippen LogP contribution < -0.4 is 0 Å². The van der Waals surface area contributed by atoms with Gasteiger partial charge in [-0.1, -0.05) is 46.4 Å². The molecule has 0 amide bonds. The topological polar surface area (TPSA) is 61.1 Å². The van der Waals surface area contributed by atoms with E-state index in [0.29, 0.717) is 43.7 Å². The van der Waals surface area contributed by atoms with E-state index in [-0.39, 0.29) is 27.4 Å². The van der Waals surface area contributed by atoms with E-state index >= 15 is 0 Å². The fourth-order valence-corrected chi connectivity index (χ4v) is 4.78. The van der Waals surface area contributed by atoms with Gasteiger partial charge in [-0.05, 0) is 72.8 Å². The first-order valence-corrected chi connectivity index (χ1v) is 12.8. The van der Waals surface area contributed by atoms with E-state index in [1.807, 2.05) is 0 Å². The molecule has 0 radical (unpaired) electrons. The van der Waals surface area contributed by atoms with Gasteiger partial charge in [-0.2, -0.15) is 0 Å². The fraction of sp³-hybridized carbons (Fsp3) is 0.0690. The Bertz CT molecular complexity index is 1520. The number of hydrogen-bond donors (Lipinski definition) is 0. The van der Waals surface area contributed by atoms with Crippen LogP contribution in [0.4, 0.5) is 0 Å². The van der Waals surface area contributed by atoms with Crippen LogP contribution in [0.3, 0.4) is 0 Å². The molecule has 0 saturated carbocycles. The predicted octanol–water partition coefficient (Wildman–Crippen LogP) is 7.73. The summed E-state index contributed by atoms with van der Waals surface area (Å²) in [5, 5.41) is 1.42. The molecule has 0 N–H and O–H groups in total. The number of hydrogen-bond acceptors (Lipinski definition) is 3. The normalized spacial score (nSPS) is 11.5. The molecule has 0 spiro atoms. The Morgan fingerprint density at radius 3 is 1.39 bits per heavy atom. The summed E-state index contributed by atoms with van der Waals surface area (Å²) >= 11 is 24.2. The first-order valence-electron chi connectivity index (χ1n) is 11.3. The van der Waals surface area contributed by atoms with E-state index in [4.69, 9.17) is 46.4 Å². The van der Waals surface area contributed by atoms with E-state index in [2.05, 4.69) is 0 Å². The van der Waals surface area contributed by atoms with Gasteiger partial charge in [-0.3, -0.25) is 14.4 Å². The minimum atomic E-state index is -0.269. The number of allylic oxidation sites excluding steroid dienone is 2. The monoisotopic (exact) mass is 584 g/mol. The van der Waals surface area contributed by atoms with Gasteiger partial charge in [-0.25, -0.2) is 0 Å². The molecule has 2 aromatic carbocycles. The highest BCUT2D eigenvalue weighted by Gasteiger charge is 2.17. The summed E-state index contributed by atoms with van der Waals surface area (Å²) in [5.41, 5.74) is 2.87. The highest BCUT2D eigenvalue weighted by molar-refractivity contribution is 6.38. The molecule has 2 aromatic heterocycles. The third-order valence-electron chi connectivity index (χ3n) is 5.80. The lowest BCUT2D eigenvalue weighted by molar-refractivity contribution is -0.110. The van der Waals surface area contributed by atoms with E-state index < -0.39 is 0 Å². The highest BCUT2D eigenvalue weighted by atomic mass is 35.5. The molecule has 0 bridgehead atoms. The number of carbonyl (C=O) groups is 3. The van der Waals surface area contributed by atoms with Gasteiger partial charge in [0.25, 0.3) is 0 Å². The molecule has 38 heavy (non-hydrogen) atoms. The van der Waals surface area contributed by atoms with Crippen molar-refractivity contribution in [3.63, 3.8) is 0 Å². The quantitative estimate of drug-likeness (QED) is 0.157. The van der Waals surface area contributed by atoms with Crippen molar-refractivity contribution in [1.82, 2.24) is 9.13 Å². The van der Waals surface area contributed by atoms with E-state index in [0.717, 1.165) is 0 Å². The van der Waals surface area contributed by atoms with Crippen molar-refractivity contribution in [2.75, 3.05) is 0 Å². The highest BCUT2D eigenvalue weighted by Crippen LogP contribution is 2.26. The fourth-order valence-electron chi connectivity index (χ4n) is 3.79. The Kier molecular flexibility index (Phi) is 8.44. The standard InChI is InChI=1S/C29H20Cl4N2O3/c1-34-15-17(28(37)24-9-3-19(30)13-26(24)32)11-21(34)5-7-23(36)8-6-22-12-18(16-35(22)2)29(38)25-10-4-20(31)14-27(25)33/h3-16H,1-2H3/b7-5+,8-6+. The zero-order valence-corrected chi connectivity index (χ0v) is 23.2. The van der Waals surface area contributed by atoms with Gasteiger partial charge in [0.2, 0.25) is 0 Å². The summed E-state index contributed by atoms with van der Waals surface area (Å²) in [6, 6.07) is 12.8. The van der Waals surface area contributed by atoms with Crippen LogP contribution in [0.2, 0.25) is 20.1 Å². The number of ketones is 3. The Labute approximate surface area is 239 Å². The molecule has 4 rings (SSSR count). The van der Waals surface area contributed by atoms with Gasteiger partial charge < -0.3 is 9.13 Å². The van der Waals surface area contributed by atoms with Gasteiger partial charge in [0.15, 0.2) is 17.3 Å². The lowest BCUT2D eigenvalue weighted by Crippen LogP contribution is -2.00. The number of aryl methyl sites for hydroxylation is 2. The summed E-state index contributed by atoms with van der Waals surface area (Å²) in [4.78, 5) is 38.2. The number of aromatic nitrogens is 2. The van der Waals surface area contributed by atoms with Crippen LogP contribution in [0.25, 0.3) is 12.2 Å². The molecule has 0 aliphatic rings. The second-order valence-corrected chi connectivity index (χ2v) is 10.2. The van der Waals surface area contributed by atoms with Gasteiger partial charge in [0.05, 0.1) is 10.0 Å². The maximum atomic E-state index is 12.9. The van der Waals surface area contributed by atoms with Crippen LogP contribution in [0.1, 0.15) is 43.2 Å². The van der Waals surface area contributed by atoms with Crippen molar-refractivity contribution in [3.8, 4) is 0 Å². The average molecular weight is 586 g/mol. The first-order chi connectivity index (χ1) is 18.0. The van der Waals surface area contributed by atoms with Gasteiger partial charge in [0, 0.05) is 70.2 Å². The van der Waals surface area contributed by atoms with Crippen molar-refractivity contribution in [2.45, 2.75) is 0 Å². The number of rotatable bonds is 8. The van der Waals surface area contributed by atoms with Crippen LogP contribution >= 0.6 is 46.4 Å². The molecular weight excluding hydrogens is 566 g/mol. The summed E-state index contributed by atoms with van der Waals surface area (Å²) < 4.78 is 3.48. The summed E-state index contributed by atoms with van der Waals surface area (Å²) in [5.74, 6) is -0.765. The maximum Gasteiger partial charge on any atom is 0.196 e. The SMILES string of the molecule is Cn1cc(C(=O)c2ccc(Cl)cc2Cl)cc1/C=C/C(=O)/C=C/c1cc(C(=O)c2ccc(Cl)cc2Cl)cn1C. The third-order valence-corrected chi connectivity index (χ3v) is 6.90. The van der Waals surface area contributed by atoms with E-state index in [1.165, 1.54) is 24.3 Å². The van der Waals surface area contributed by atoms with Crippen LogP contribution in [-0.2, 0) is 18.9 Å². The van der Waals surface area contributed by atoms with Gasteiger partial charge in [-0.15, -0.1) is 0 Å². The number of carbonyl (C=O) groups excluding carboxylic acids is 3. The molecule has 192 valence electrons. The largest absolute Gasteiger partial charge is 0.350 e. The Hall–Kier alpha value is -3.35. The summed E-state index contributed by atoms with van der Waals surface area (Å²) in [7, 11) is 3.55. The minimum absolute atomic E-state index is 0.248. The molecule has 9 heteroatoms. The van der Waals surface area contributed by atoms with Crippen molar-refractivity contribution >= 4 is 75.9 Å². The van der Waals surface area contributed by atoms with Crippen LogP contribution in [0, 0.1) is 0 Å². The Balaban J connectivity index is 1.46. The van der Waals surface area contributed by atoms with Crippen molar-refractivity contribution in [3.05, 3.63) is 127 Å². The van der Waals surface area contributed by atoms with E-state index in [9.17, 15) is 14.4 Å². The molecule has 0 aliphatic heterocycles.